The van der Waals surface area contributed by atoms with E-state index in [0.717, 1.165) is 103 Å². The van der Waals surface area contributed by atoms with E-state index >= 15 is 0 Å². The van der Waals surface area contributed by atoms with Crippen molar-refractivity contribution >= 4 is 41.0 Å². The van der Waals surface area contributed by atoms with Crippen molar-refractivity contribution in [3.05, 3.63) is 118 Å². The van der Waals surface area contributed by atoms with Gasteiger partial charge >= 0.3 is 0 Å². The maximum Gasteiger partial charge on any atom is 0.231 e. The predicted molar refractivity (Wildman–Crippen MR) is 274 cm³/mol. The summed E-state index contributed by atoms with van der Waals surface area (Å²) in [6.07, 6.45) is 21.1. The van der Waals surface area contributed by atoms with Gasteiger partial charge in [0, 0.05) is 64.3 Å². The van der Waals surface area contributed by atoms with Crippen LogP contribution in [0.5, 0.6) is 11.5 Å². The number of carbonyl (C=O) groups excluding carboxylic acids is 1. The summed E-state index contributed by atoms with van der Waals surface area (Å²) in [5.41, 5.74) is 11.7. The highest BCUT2D eigenvalue weighted by atomic mass is 32.2. The summed E-state index contributed by atoms with van der Waals surface area (Å²) in [5, 5.41) is 20.8. The number of phenols is 1. The molecular formula is C55H80N4O3S. The lowest BCUT2D eigenvalue weighted by molar-refractivity contribution is -0.117. The van der Waals surface area contributed by atoms with E-state index in [1.807, 2.05) is 56.9 Å². The van der Waals surface area contributed by atoms with Gasteiger partial charge in [0.1, 0.15) is 11.5 Å². The van der Waals surface area contributed by atoms with Gasteiger partial charge in [-0.1, -0.05) is 154 Å². The third kappa shape index (κ3) is 11.8. The molecule has 344 valence electrons. The molecule has 0 spiro atoms. The minimum Gasteiger partial charge on any atom is -0.508 e. The number of nitrogens with zero attached hydrogens (tertiary/aromatic N) is 2. The minimum absolute atomic E-state index is 0.106. The van der Waals surface area contributed by atoms with Crippen LogP contribution in [0.25, 0.3) is 11.8 Å². The molecule has 0 bridgehead atoms. The van der Waals surface area contributed by atoms with Crippen LogP contribution in [0.2, 0.25) is 0 Å². The molecule has 4 N–H and O–H groups in total. The standard InChI is InChI=1S/C27H35NO2.C24H33N3OS.2C2H6/c1-5-9-14-23-22(8-4)25(29)17-24-27(23)21(7-3)18-28(24)26(30)16-20-13-10-12-19(15-20)11-6-2;1-5-21-23-14-17(24(3)11-8-19(29-25)9-12-24)10-13-27(23)16(2)20-15-18(28-4)6-7-22(20)26-21;2*1-2/h9-10,12-15,17,21,29H,5-8,11,16,18H2,1-4H3;6-8,10-11,15,19,21,23,26H,2,5,9,12-14,25H2,1,3-4H3;2*1-2H3/b14-9-;;;/t21-;19?,21?,23?,24-;;/m10../s1. The zero-order valence-electron chi connectivity index (χ0n) is 40.7. The molecule has 5 atom stereocenters. The van der Waals surface area contributed by atoms with E-state index in [9.17, 15) is 9.90 Å². The van der Waals surface area contributed by atoms with Crippen LogP contribution in [0.1, 0.15) is 153 Å². The predicted octanol–water partition coefficient (Wildman–Crippen LogP) is 13.7. The molecule has 63 heavy (non-hydrogen) atoms. The van der Waals surface area contributed by atoms with Crippen molar-refractivity contribution in [1.29, 1.82) is 0 Å². The highest BCUT2D eigenvalue weighted by molar-refractivity contribution is 7.97. The van der Waals surface area contributed by atoms with Crippen molar-refractivity contribution in [2.24, 2.45) is 10.6 Å². The number of nitrogens with two attached hydrogens (primary N) is 1. The number of hydrogen-bond acceptors (Lipinski definition) is 7. The van der Waals surface area contributed by atoms with Crippen LogP contribution in [0, 0.1) is 5.41 Å². The van der Waals surface area contributed by atoms with E-state index in [0.29, 0.717) is 42.0 Å². The van der Waals surface area contributed by atoms with Gasteiger partial charge in [-0.25, -0.2) is 0 Å². The maximum atomic E-state index is 13.3. The molecule has 0 radical (unpaired) electrons. The summed E-state index contributed by atoms with van der Waals surface area (Å²) in [7, 11) is 1.72. The number of amides is 1. The Morgan fingerprint density at radius 2 is 1.79 bits per heavy atom. The summed E-state index contributed by atoms with van der Waals surface area (Å²) in [6, 6.07) is 17.2. The monoisotopic (exact) mass is 877 g/mol. The molecule has 0 fully saturated rings. The van der Waals surface area contributed by atoms with Crippen molar-refractivity contribution in [3.63, 3.8) is 0 Å². The lowest BCUT2D eigenvalue weighted by Crippen LogP contribution is -2.47. The van der Waals surface area contributed by atoms with Gasteiger partial charge in [0.15, 0.2) is 0 Å². The number of rotatable bonds is 12. The minimum atomic E-state index is 0.106. The smallest absolute Gasteiger partial charge is 0.231 e. The van der Waals surface area contributed by atoms with Crippen molar-refractivity contribution in [1.82, 2.24) is 4.90 Å². The number of fused-ring (bicyclic) bond motifs is 3. The van der Waals surface area contributed by atoms with Gasteiger partial charge in [-0.05, 0) is 91.8 Å². The molecule has 1 amide bonds. The molecule has 3 aromatic rings. The zero-order valence-corrected chi connectivity index (χ0v) is 41.5. The Morgan fingerprint density at radius 1 is 1.05 bits per heavy atom. The molecule has 3 unspecified atom stereocenters. The first-order valence-corrected chi connectivity index (χ1v) is 25.0. The van der Waals surface area contributed by atoms with Crippen LogP contribution in [0.4, 0.5) is 11.4 Å². The molecule has 0 saturated carbocycles. The Morgan fingerprint density at radius 3 is 2.41 bits per heavy atom. The summed E-state index contributed by atoms with van der Waals surface area (Å²) in [5.74, 6) is 1.58. The molecule has 7 rings (SSSR count). The molecule has 7 nitrogen and oxygen atoms in total. The maximum absolute atomic E-state index is 13.3. The number of nitrogens with one attached hydrogen (secondary N) is 1. The van der Waals surface area contributed by atoms with Gasteiger partial charge < -0.3 is 25.0 Å². The van der Waals surface area contributed by atoms with Crippen molar-refractivity contribution in [2.75, 3.05) is 30.4 Å². The van der Waals surface area contributed by atoms with Crippen LogP contribution in [0.3, 0.4) is 0 Å². The van der Waals surface area contributed by atoms with E-state index in [-0.39, 0.29) is 11.3 Å². The summed E-state index contributed by atoms with van der Waals surface area (Å²) >= 11 is 1.47. The fourth-order valence-electron chi connectivity index (χ4n) is 9.68. The number of benzene rings is 3. The van der Waals surface area contributed by atoms with E-state index in [4.69, 9.17) is 9.88 Å². The number of allylic oxidation sites excluding steroid dienone is 2. The Labute approximate surface area is 386 Å². The van der Waals surface area contributed by atoms with Gasteiger partial charge in [0.05, 0.1) is 25.3 Å². The van der Waals surface area contributed by atoms with E-state index in [1.165, 1.54) is 29.5 Å². The first-order valence-electron chi connectivity index (χ1n) is 24.1. The fourth-order valence-corrected chi connectivity index (χ4v) is 10.1. The molecule has 3 aliphatic heterocycles. The van der Waals surface area contributed by atoms with Gasteiger partial charge in [0.2, 0.25) is 5.91 Å². The number of ether oxygens (including phenoxy) is 1. The Kier molecular flexibility index (Phi) is 20.0. The Bertz CT molecular complexity index is 2070. The van der Waals surface area contributed by atoms with Crippen molar-refractivity contribution in [3.8, 4) is 11.5 Å². The van der Waals surface area contributed by atoms with Crippen molar-refractivity contribution < 1.29 is 14.6 Å². The normalized spacial score (nSPS) is 22.1. The molecule has 0 aromatic heterocycles. The molecule has 4 aliphatic rings. The van der Waals surface area contributed by atoms with Crippen LogP contribution in [-0.2, 0) is 24.1 Å². The van der Waals surface area contributed by atoms with Crippen LogP contribution >= 0.6 is 11.9 Å². The third-order valence-corrected chi connectivity index (χ3v) is 13.9. The van der Waals surface area contributed by atoms with Gasteiger partial charge in [-0.15, -0.1) is 0 Å². The SMILES string of the molecule is C=C1c2cc(OC)ccc2NC(CC)C2CC([C@@]3(C)C=CC(SN)CC3)=CCN12.CC.CC.CC/C=C\c1c(CC)c(O)cc2c1[C@H](CC)CN2C(=O)Cc1cccc(CCC)c1. The second kappa shape index (κ2) is 24.6. The average Bonchev–Trinajstić information content (AvgIpc) is 3.64. The fraction of sp³-hybridized carbons (Fsp3) is 0.509. The largest absolute Gasteiger partial charge is 0.508 e. The Hall–Kier alpha value is -4.40. The molecule has 3 aromatic carbocycles. The highest BCUT2D eigenvalue weighted by Crippen LogP contribution is 2.48. The molecule has 1 aliphatic carbocycles. The number of aromatic hydroxyl groups is 1. The summed E-state index contributed by atoms with van der Waals surface area (Å²) in [6.45, 7) is 27.3. The molecule has 8 heteroatoms. The van der Waals surface area contributed by atoms with Crippen LogP contribution in [-0.4, -0.2) is 53.4 Å². The van der Waals surface area contributed by atoms with Gasteiger partial charge in [0.25, 0.3) is 0 Å². The summed E-state index contributed by atoms with van der Waals surface area (Å²) in [4.78, 5) is 17.7. The van der Waals surface area contributed by atoms with Crippen molar-refractivity contribution in [2.45, 2.75) is 157 Å². The van der Waals surface area contributed by atoms with Crippen LogP contribution < -0.4 is 20.1 Å². The topological polar surface area (TPSA) is 91.1 Å². The lowest BCUT2D eigenvalue weighted by atomic mass is 9.71. The van der Waals surface area contributed by atoms with Crippen LogP contribution in [0.15, 0.2) is 85.0 Å². The first-order chi connectivity index (χ1) is 30.5. The first kappa shape index (κ1) is 51.2. The van der Waals surface area contributed by atoms with E-state index < -0.39 is 0 Å². The second-order valence-electron chi connectivity index (χ2n) is 16.9. The third-order valence-electron chi connectivity index (χ3n) is 13.2. The number of carbonyl (C=O) groups is 1. The van der Waals surface area contributed by atoms with Gasteiger partial charge in [-0.3, -0.25) is 9.93 Å². The Balaban J connectivity index is 0.000000257. The number of anilines is 2. The molecular weight excluding hydrogens is 797 g/mol. The number of methoxy groups -OCH3 is 1. The second-order valence-corrected chi connectivity index (χ2v) is 17.8. The quantitative estimate of drug-likeness (QED) is 0.123. The molecule has 3 heterocycles. The number of hydrogen-bond donors (Lipinski definition) is 3. The molecule has 0 saturated heterocycles. The van der Waals surface area contributed by atoms with Gasteiger partial charge in [-0.2, -0.15) is 0 Å². The zero-order chi connectivity index (χ0) is 46.3. The van der Waals surface area contributed by atoms with E-state index in [1.54, 1.807) is 12.7 Å². The highest BCUT2D eigenvalue weighted by Gasteiger charge is 2.40. The number of aryl methyl sites for hydroxylation is 1. The average molecular weight is 877 g/mol. The van der Waals surface area contributed by atoms with E-state index in [2.05, 4.69) is 113 Å². The lowest BCUT2D eigenvalue weighted by Gasteiger charge is -2.44. The summed E-state index contributed by atoms with van der Waals surface area (Å²) < 4.78 is 5.47. The number of phenolic OH excluding ortho intramolecular Hbond substituents is 1.